The van der Waals surface area contributed by atoms with Crippen molar-refractivity contribution in [3.63, 3.8) is 0 Å². The van der Waals surface area contributed by atoms with Gasteiger partial charge >= 0.3 is 0 Å². The lowest BCUT2D eigenvalue weighted by molar-refractivity contribution is 0.224. The van der Waals surface area contributed by atoms with Crippen LogP contribution in [0.3, 0.4) is 0 Å². The summed E-state index contributed by atoms with van der Waals surface area (Å²) in [4.78, 5) is 2.36. The first kappa shape index (κ1) is 17.4. The molecule has 2 N–H and O–H groups in total. The molecular weight excluding hydrogens is 244 g/mol. The molecule has 3 heteroatoms. The maximum absolute atomic E-state index is 5.67. The second kappa shape index (κ2) is 9.37. The molecule has 0 aromatic heterocycles. The molecule has 1 aromatic carbocycles. The van der Waals surface area contributed by atoms with E-state index in [0.29, 0.717) is 12.0 Å². The molecule has 0 radical (unpaired) electrons. The van der Waals surface area contributed by atoms with Gasteiger partial charge in [-0.3, -0.25) is 0 Å². The highest BCUT2D eigenvalue weighted by atomic mass is 35.5. The zero-order valence-electron chi connectivity index (χ0n) is 11.8. The molecule has 0 saturated heterocycles. The van der Waals surface area contributed by atoms with Crippen molar-refractivity contribution in [2.24, 2.45) is 11.7 Å². The van der Waals surface area contributed by atoms with Crippen LogP contribution in [-0.2, 0) is 6.42 Å². The zero-order chi connectivity index (χ0) is 12.7. The first-order chi connectivity index (χ1) is 8.13. The van der Waals surface area contributed by atoms with E-state index in [-0.39, 0.29) is 12.4 Å². The molecule has 0 amide bonds. The lowest BCUT2D eigenvalue weighted by atomic mass is 10.0. The Kier molecular flexibility index (Phi) is 9.08. The zero-order valence-corrected chi connectivity index (χ0v) is 12.6. The molecule has 1 aromatic rings. The number of hydrogen-bond donors (Lipinski definition) is 1. The van der Waals surface area contributed by atoms with Gasteiger partial charge in [-0.15, -0.1) is 12.4 Å². The molecule has 0 heterocycles. The second-order valence-electron chi connectivity index (χ2n) is 5.15. The van der Waals surface area contributed by atoms with Crippen LogP contribution in [0.5, 0.6) is 0 Å². The average Bonchev–Trinajstić information content (AvgIpc) is 2.36. The summed E-state index contributed by atoms with van der Waals surface area (Å²) < 4.78 is 0. The Hall–Kier alpha value is -0.570. The summed E-state index contributed by atoms with van der Waals surface area (Å²) in [6.07, 6.45) is 2.42. The van der Waals surface area contributed by atoms with Crippen LogP contribution in [-0.4, -0.2) is 31.1 Å². The van der Waals surface area contributed by atoms with E-state index >= 15 is 0 Å². The molecule has 1 rings (SSSR count). The maximum atomic E-state index is 5.67. The van der Waals surface area contributed by atoms with Crippen molar-refractivity contribution in [3.8, 4) is 0 Å². The summed E-state index contributed by atoms with van der Waals surface area (Å²) >= 11 is 0. The van der Waals surface area contributed by atoms with Crippen LogP contribution in [0.25, 0.3) is 0 Å². The molecule has 0 aliphatic rings. The minimum Gasteiger partial charge on any atom is -0.329 e. The van der Waals surface area contributed by atoms with Gasteiger partial charge in [-0.05, 0) is 38.3 Å². The second-order valence-corrected chi connectivity index (χ2v) is 5.15. The molecule has 18 heavy (non-hydrogen) atoms. The summed E-state index contributed by atoms with van der Waals surface area (Å²) in [7, 11) is 2.16. The largest absolute Gasteiger partial charge is 0.329 e. The molecule has 104 valence electrons. The normalized spacial score (nSPS) is 14.1. The first-order valence-corrected chi connectivity index (χ1v) is 6.57. The highest BCUT2D eigenvalue weighted by Crippen LogP contribution is 2.11. The van der Waals surface area contributed by atoms with E-state index in [1.165, 1.54) is 18.4 Å². The molecule has 0 aliphatic heterocycles. The predicted octanol–water partition coefficient (Wildman–Crippen LogP) is 2.96. The number of benzene rings is 1. The van der Waals surface area contributed by atoms with Crippen LogP contribution in [0.1, 0.15) is 25.8 Å². The number of halogens is 1. The van der Waals surface area contributed by atoms with Crippen LogP contribution < -0.4 is 5.73 Å². The quantitative estimate of drug-likeness (QED) is 0.825. The van der Waals surface area contributed by atoms with Gasteiger partial charge < -0.3 is 10.6 Å². The molecule has 2 unspecified atom stereocenters. The van der Waals surface area contributed by atoms with Crippen molar-refractivity contribution >= 4 is 12.4 Å². The van der Waals surface area contributed by atoms with E-state index in [1.54, 1.807) is 0 Å². The van der Waals surface area contributed by atoms with E-state index in [2.05, 4.69) is 56.1 Å². The van der Waals surface area contributed by atoms with Crippen molar-refractivity contribution in [1.82, 2.24) is 4.90 Å². The van der Waals surface area contributed by atoms with Crippen molar-refractivity contribution in [1.29, 1.82) is 0 Å². The molecular formula is C15H27ClN2. The maximum Gasteiger partial charge on any atom is 0.0187 e. The number of hydrogen-bond acceptors (Lipinski definition) is 2. The lowest BCUT2D eigenvalue weighted by Crippen LogP contribution is -2.38. The number of nitrogens with zero attached hydrogens (tertiary/aromatic N) is 1. The number of aryl methyl sites for hydroxylation is 1. The van der Waals surface area contributed by atoms with Gasteiger partial charge in [-0.25, -0.2) is 0 Å². The van der Waals surface area contributed by atoms with Gasteiger partial charge in [0.05, 0.1) is 0 Å². The van der Waals surface area contributed by atoms with Gasteiger partial charge in [0.2, 0.25) is 0 Å². The van der Waals surface area contributed by atoms with E-state index in [4.69, 9.17) is 5.73 Å². The van der Waals surface area contributed by atoms with Crippen molar-refractivity contribution < 1.29 is 0 Å². The Balaban J connectivity index is 0.00000289. The fourth-order valence-electron chi connectivity index (χ4n) is 2.00. The Morgan fingerprint density at radius 3 is 2.33 bits per heavy atom. The van der Waals surface area contributed by atoms with Crippen LogP contribution in [0, 0.1) is 5.92 Å². The third-order valence-electron chi connectivity index (χ3n) is 3.46. The van der Waals surface area contributed by atoms with E-state index in [1.807, 2.05) is 0 Å². The fraction of sp³-hybridized carbons (Fsp3) is 0.600. The highest BCUT2D eigenvalue weighted by molar-refractivity contribution is 5.85. The van der Waals surface area contributed by atoms with Gasteiger partial charge in [0.25, 0.3) is 0 Å². The standard InChI is InChI=1S/C15H26N2.ClH/c1-13(12-17(3)14(2)11-16)9-10-15-7-5-4-6-8-15;/h4-8,13-14H,9-12,16H2,1-3H3;1H. The third kappa shape index (κ3) is 6.39. The number of nitrogens with two attached hydrogens (primary N) is 1. The van der Waals surface area contributed by atoms with Crippen LogP contribution in [0.4, 0.5) is 0 Å². The van der Waals surface area contributed by atoms with E-state index in [0.717, 1.165) is 13.1 Å². The summed E-state index contributed by atoms with van der Waals surface area (Å²) in [6, 6.07) is 11.2. The van der Waals surface area contributed by atoms with Gasteiger partial charge in [0, 0.05) is 19.1 Å². The molecule has 0 bridgehead atoms. The lowest BCUT2D eigenvalue weighted by Gasteiger charge is -2.26. The highest BCUT2D eigenvalue weighted by Gasteiger charge is 2.11. The van der Waals surface area contributed by atoms with Crippen molar-refractivity contribution in [3.05, 3.63) is 35.9 Å². The fourth-order valence-corrected chi connectivity index (χ4v) is 2.00. The van der Waals surface area contributed by atoms with Gasteiger partial charge in [-0.1, -0.05) is 37.3 Å². The van der Waals surface area contributed by atoms with Crippen LogP contribution in [0.2, 0.25) is 0 Å². The predicted molar refractivity (Wildman–Crippen MR) is 82.3 cm³/mol. The van der Waals surface area contributed by atoms with Crippen molar-refractivity contribution in [2.75, 3.05) is 20.1 Å². The minimum atomic E-state index is 0. The number of likely N-dealkylation sites (N-methyl/N-ethyl adjacent to an activating group) is 1. The third-order valence-corrected chi connectivity index (χ3v) is 3.46. The Labute approximate surface area is 118 Å². The Bertz CT molecular complexity index is 303. The topological polar surface area (TPSA) is 29.3 Å². The smallest absolute Gasteiger partial charge is 0.0187 e. The molecule has 0 fully saturated rings. The molecule has 2 atom stereocenters. The van der Waals surface area contributed by atoms with Gasteiger partial charge in [-0.2, -0.15) is 0 Å². The van der Waals surface area contributed by atoms with Crippen LogP contribution >= 0.6 is 12.4 Å². The number of rotatable bonds is 7. The summed E-state index contributed by atoms with van der Waals surface area (Å²) in [6.45, 7) is 6.37. The Morgan fingerprint density at radius 1 is 1.17 bits per heavy atom. The summed E-state index contributed by atoms with van der Waals surface area (Å²) in [5, 5.41) is 0. The SMILES string of the molecule is CC(CCc1ccccc1)CN(C)C(C)CN.Cl. The minimum absolute atomic E-state index is 0. The molecule has 0 aliphatic carbocycles. The molecule has 0 saturated carbocycles. The summed E-state index contributed by atoms with van der Waals surface area (Å²) in [5.41, 5.74) is 7.11. The Morgan fingerprint density at radius 2 is 1.78 bits per heavy atom. The van der Waals surface area contributed by atoms with Crippen LogP contribution in [0.15, 0.2) is 30.3 Å². The molecule has 0 spiro atoms. The van der Waals surface area contributed by atoms with Gasteiger partial charge in [0.1, 0.15) is 0 Å². The molecule has 2 nitrogen and oxygen atoms in total. The van der Waals surface area contributed by atoms with Crippen molar-refractivity contribution in [2.45, 2.75) is 32.7 Å². The summed E-state index contributed by atoms with van der Waals surface area (Å²) in [5.74, 6) is 0.717. The van der Waals surface area contributed by atoms with E-state index in [9.17, 15) is 0 Å². The average molecular weight is 271 g/mol. The van der Waals surface area contributed by atoms with Gasteiger partial charge in [0.15, 0.2) is 0 Å². The monoisotopic (exact) mass is 270 g/mol. The first-order valence-electron chi connectivity index (χ1n) is 6.57. The van der Waals surface area contributed by atoms with E-state index < -0.39 is 0 Å².